The molecule has 0 saturated carbocycles. The predicted octanol–water partition coefficient (Wildman–Crippen LogP) is -2.66. The summed E-state index contributed by atoms with van der Waals surface area (Å²) in [4.78, 5) is 26.1. The molecule has 0 radical (unpaired) electrons. The number of nitrogens with zero attached hydrogens (tertiary/aromatic N) is 1. The number of amides is 2. The first-order valence-corrected chi connectivity index (χ1v) is 14.8. The van der Waals surface area contributed by atoms with E-state index in [0.717, 1.165) is 19.3 Å². The molecule has 0 spiro atoms. The monoisotopic (exact) mass is 610 g/mol. The van der Waals surface area contributed by atoms with E-state index < -0.39 is 68.0 Å². The van der Waals surface area contributed by atoms with Gasteiger partial charge in [0.25, 0.3) is 0 Å². The fourth-order valence-corrected chi connectivity index (χ4v) is 4.81. The van der Waals surface area contributed by atoms with E-state index in [9.17, 15) is 45.3 Å². The molecule has 0 aromatic rings. The minimum atomic E-state index is -1.56. The van der Waals surface area contributed by atoms with Gasteiger partial charge in [0, 0.05) is 32.5 Å². The number of nitrogens with one attached hydrogen (secondary N) is 1. The van der Waals surface area contributed by atoms with E-state index in [1.54, 1.807) is 4.90 Å². The Bertz CT molecular complexity index is 791. The van der Waals surface area contributed by atoms with Crippen molar-refractivity contribution in [2.24, 2.45) is 0 Å². The summed E-state index contributed by atoms with van der Waals surface area (Å²) in [6.07, 6.45) is -9.11. The van der Waals surface area contributed by atoms with Gasteiger partial charge in [-0.1, -0.05) is 12.8 Å². The highest BCUT2D eigenvalue weighted by Crippen LogP contribution is 2.23. The maximum Gasteiger partial charge on any atom is 0.222 e. The number of carbonyl (C=O) groups excluding carboxylic acids is 2. The van der Waals surface area contributed by atoms with Crippen molar-refractivity contribution < 1.29 is 64.3 Å². The summed E-state index contributed by atoms with van der Waals surface area (Å²) in [5.74, 6) is -0.140. The van der Waals surface area contributed by atoms with Gasteiger partial charge in [0.2, 0.25) is 11.8 Å². The third-order valence-corrected chi connectivity index (χ3v) is 7.43. The van der Waals surface area contributed by atoms with Gasteiger partial charge in [-0.3, -0.25) is 9.59 Å². The lowest BCUT2D eigenvalue weighted by Crippen LogP contribution is -2.59. The van der Waals surface area contributed by atoms with Crippen LogP contribution in [0.1, 0.15) is 58.8 Å². The van der Waals surface area contributed by atoms with Gasteiger partial charge in [-0.05, 0) is 33.1 Å². The smallest absolute Gasteiger partial charge is 0.222 e. The summed E-state index contributed by atoms with van der Waals surface area (Å²) >= 11 is 0. The zero-order chi connectivity index (χ0) is 31.2. The van der Waals surface area contributed by atoms with Crippen LogP contribution in [0.3, 0.4) is 0 Å². The first-order chi connectivity index (χ1) is 20.0. The molecule has 8 N–H and O–H groups in total. The number of rotatable bonds is 18. The third-order valence-electron chi connectivity index (χ3n) is 7.43. The number of hydrogen-bond donors (Lipinski definition) is 8. The van der Waals surface area contributed by atoms with Gasteiger partial charge < -0.3 is 64.9 Å². The van der Waals surface area contributed by atoms with Gasteiger partial charge in [0.15, 0.2) is 12.6 Å². The number of hydrogen-bond acceptors (Lipinski definition) is 13. The normalized spacial score (nSPS) is 33.4. The summed E-state index contributed by atoms with van der Waals surface area (Å²) in [5.41, 5.74) is 0. The second kappa shape index (κ2) is 19.0. The molecule has 2 aliphatic heterocycles. The molecule has 42 heavy (non-hydrogen) atoms. The van der Waals surface area contributed by atoms with Crippen molar-refractivity contribution in [1.82, 2.24) is 10.2 Å². The Morgan fingerprint density at radius 2 is 1.33 bits per heavy atom. The van der Waals surface area contributed by atoms with E-state index in [1.165, 1.54) is 6.92 Å². The second-order valence-corrected chi connectivity index (χ2v) is 10.7. The highest BCUT2D eigenvalue weighted by molar-refractivity contribution is 5.76. The van der Waals surface area contributed by atoms with Crippen LogP contribution in [0.15, 0.2) is 0 Å². The third kappa shape index (κ3) is 11.2. The van der Waals surface area contributed by atoms with Crippen LogP contribution < -0.4 is 5.32 Å². The Labute approximate surface area is 246 Å². The summed E-state index contributed by atoms with van der Waals surface area (Å²) in [6.45, 7) is 3.79. The largest absolute Gasteiger partial charge is 0.394 e. The average molecular weight is 611 g/mol. The first-order valence-electron chi connectivity index (χ1n) is 14.8. The first kappa shape index (κ1) is 36.7. The van der Waals surface area contributed by atoms with Crippen LogP contribution >= 0.6 is 0 Å². The van der Waals surface area contributed by atoms with Crippen molar-refractivity contribution in [1.29, 1.82) is 0 Å². The predicted molar refractivity (Wildman–Crippen MR) is 146 cm³/mol. The van der Waals surface area contributed by atoms with E-state index >= 15 is 0 Å². The van der Waals surface area contributed by atoms with Crippen LogP contribution in [0, 0.1) is 0 Å². The number of ether oxygens (including phenoxy) is 4. The minimum Gasteiger partial charge on any atom is -0.394 e. The molecule has 0 bridgehead atoms. The lowest BCUT2D eigenvalue weighted by molar-refractivity contribution is -0.301. The molecule has 2 heterocycles. The van der Waals surface area contributed by atoms with Crippen molar-refractivity contribution in [2.45, 2.75) is 120 Å². The molecule has 0 aromatic carbocycles. The molecule has 15 heteroatoms. The van der Waals surface area contributed by atoms with Crippen LogP contribution in [0.5, 0.6) is 0 Å². The van der Waals surface area contributed by atoms with Crippen molar-refractivity contribution in [3.63, 3.8) is 0 Å². The zero-order valence-electron chi connectivity index (χ0n) is 24.5. The van der Waals surface area contributed by atoms with Gasteiger partial charge in [-0.25, -0.2) is 0 Å². The van der Waals surface area contributed by atoms with Crippen LogP contribution in [-0.2, 0) is 28.5 Å². The molecular weight excluding hydrogens is 560 g/mol. The molecule has 10 atom stereocenters. The molecular formula is C27H50N2O13. The summed E-state index contributed by atoms with van der Waals surface area (Å²) in [5, 5.41) is 72.1. The standard InChI is InChI=1S/C27H50N2O13/c1-3-28-18(31)9-6-4-5-7-10-19(32)29(12-14-40-26-24(37)22(35)20(33)16(2)41-26)11-8-13-39-27-25(38)23(36)21(34)17(15-30)42-27/h16-17,20-27,30,33-38H,3-15H2,1-2H3,(H,28,31)/t16-,17+,20+,21+,22+,23-,24-,25-,26+,27-/m0/s1. The van der Waals surface area contributed by atoms with Gasteiger partial charge in [0.05, 0.1) is 25.9 Å². The average Bonchev–Trinajstić information content (AvgIpc) is 2.97. The van der Waals surface area contributed by atoms with E-state index in [2.05, 4.69) is 5.32 Å². The molecule has 0 aromatic heterocycles. The maximum absolute atomic E-state index is 13.0. The maximum atomic E-state index is 13.0. The zero-order valence-corrected chi connectivity index (χ0v) is 24.5. The van der Waals surface area contributed by atoms with Crippen molar-refractivity contribution in [2.75, 3.05) is 39.5 Å². The Balaban J connectivity index is 1.84. The summed E-state index contributed by atoms with van der Waals surface area (Å²) in [7, 11) is 0. The Hall–Kier alpha value is -1.50. The Morgan fingerprint density at radius 3 is 1.98 bits per heavy atom. The van der Waals surface area contributed by atoms with Gasteiger partial charge >= 0.3 is 0 Å². The quantitative estimate of drug-likeness (QED) is 0.0743. The van der Waals surface area contributed by atoms with Crippen LogP contribution in [0.2, 0.25) is 0 Å². The topological polar surface area (TPSA) is 228 Å². The summed E-state index contributed by atoms with van der Waals surface area (Å²) in [6, 6.07) is 0. The fourth-order valence-electron chi connectivity index (χ4n) is 4.81. The van der Waals surface area contributed by atoms with E-state index in [-0.39, 0.29) is 44.5 Å². The lowest BCUT2D eigenvalue weighted by Gasteiger charge is -2.39. The minimum absolute atomic E-state index is 0.00849. The molecule has 2 aliphatic rings. The van der Waals surface area contributed by atoms with Crippen LogP contribution in [-0.4, -0.2) is 153 Å². The highest BCUT2D eigenvalue weighted by Gasteiger charge is 2.44. The Morgan fingerprint density at radius 1 is 0.738 bits per heavy atom. The molecule has 0 aliphatic carbocycles. The number of unbranched alkanes of at least 4 members (excludes halogenated alkanes) is 3. The molecule has 0 unspecified atom stereocenters. The molecule has 2 amide bonds. The number of aliphatic hydroxyl groups is 7. The SMILES string of the molecule is CCNC(=O)CCCCCCC(=O)N(CCCO[C@H]1O[C@H](CO)[C@@H](O)[C@H](O)[C@@H]1O)CCO[C@@H]1O[C@@H](C)[C@@H](O)[C@@H](O)[C@@H]1O. The van der Waals surface area contributed by atoms with Crippen LogP contribution in [0.4, 0.5) is 0 Å². The highest BCUT2D eigenvalue weighted by atomic mass is 16.7. The van der Waals surface area contributed by atoms with Crippen molar-refractivity contribution in [3.8, 4) is 0 Å². The van der Waals surface area contributed by atoms with Crippen molar-refractivity contribution in [3.05, 3.63) is 0 Å². The van der Waals surface area contributed by atoms with Crippen LogP contribution in [0.25, 0.3) is 0 Å². The number of aliphatic hydroxyl groups excluding tert-OH is 7. The fraction of sp³-hybridized carbons (Fsp3) is 0.926. The Kier molecular flexibility index (Phi) is 16.6. The molecule has 246 valence electrons. The van der Waals surface area contributed by atoms with E-state index in [4.69, 9.17) is 18.9 Å². The lowest BCUT2D eigenvalue weighted by atomic mass is 9.99. The molecule has 2 rings (SSSR count). The molecule has 2 saturated heterocycles. The van der Waals surface area contributed by atoms with Gasteiger partial charge in [-0.2, -0.15) is 0 Å². The van der Waals surface area contributed by atoms with E-state index in [0.29, 0.717) is 25.8 Å². The van der Waals surface area contributed by atoms with Crippen molar-refractivity contribution >= 4 is 11.8 Å². The van der Waals surface area contributed by atoms with E-state index in [1.807, 2.05) is 6.92 Å². The number of carbonyl (C=O) groups is 2. The molecule has 2 fully saturated rings. The summed E-state index contributed by atoms with van der Waals surface area (Å²) < 4.78 is 21.9. The second-order valence-electron chi connectivity index (χ2n) is 10.7. The van der Waals surface area contributed by atoms with Gasteiger partial charge in [-0.15, -0.1) is 0 Å². The molecule has 15 nitrogen and oxygen atoms in total. The van der Waals surface area contributed by atoms with Gasteiger partial charge in [0.1, 0.15) is 42.7 Å².